The van der Waals surface area contributed by atoms with Crippen molar-refractivity contribution < 1.29 is 64.0 Å². The maximum absolute atomic E-state index is 15.8. The third kappa shape index (κ3) is 12.2. The molecule has 67 heavy (non-hydrogen) atoms. The highest BCUT2D eigenvalue weighted by Crippen LogP contribution is 2.41. The lowest BCUT2D eigenvalue weighted by molar-refractivity contribution is -0.167. The Morgan fingerprint density at radius 1 is 0.791 bits per heavy atom. The van der Waals surface area contributed by atoms with Gasteiger partial charge in [0, 0.05) is 25.2 Å². The highest BCUT2D eigenvalue weighted by molar-refractivity contribution is 7.92. The molecule has 0 bridgehead atoms. The number of benzene rings is 4. The van der Waals surface area contributed by atoms with Crippen molar-refractivity contribution in [3.63, 3.8) is 0 Å². The lowest BCUT2D eigenvalue weighted by atomic mass is 10.0. The van der Waals surface area contributed by atoms with E-state index >= 15 is 8.42 Å². The molecule has 6 aromatic rings. The van der Waals surface area contributed by atoms with Gasteiger partial charge in [0.15, 0.2) is 0 Å². The Bertz CT molecular complexity index is 2870. The van der Waals surface area contributed by atoms with Crippen LogP contribution >= 0.6 is 0 Å². The molecule has 1 atom stereocenters. The van der Waals surface area contributed by atoms with Crippen LogP contribution in [-0.2, 0) is 44.5 Å². The predicted octanol–water partition coefficient (Wildman–Crippen LogP) is 4.27. The third-order valence-electron chi connectivity index (χ3n) is 9.77. The Labute approximate surface area is 381 Å². The molecule has 0 radical (unpaired) electrons. The van der Waals surface area contributed by atoms with E-state index < -0.39 is 97.5 Å². The van der Waals surface area contributed by atoms with Crippen LogP contribution in [0.4, 0.5) is 23.8 Å². The molecule has 0 aliphatic heterocycles. The molecule has 4 aromatic carbocycles. The maximum Gasteiger partial charge on any atom is 0.471 e. The molecule has 5 N–H and O–H groups in total. The van der Waals surface area contributed by atoms with Crippen LogP contribution < -0.4 is 29.6 Å². The molecule has 2 aromatic heterocycles. The van der Waals surface area contributed by atoms with E-state index in [1.165, 1.54) is 33.5 Å². The Morgan fingerprint density at radius 2 is 1.34 bits per heavy atom. The summed E-state index contributed by atoms with van der Waals surface area (Å²) in [5.41, 5.74) is 0.390. The van der Waals surface area contributed by atoms with E-state index in [2.05, 4.69) is 25.1 Å². The van der Waals surface area contributed by atoms with Crippen molar-refractivity contribution in [1.82, 2.24) is 39.5 Å². The zero-order valence-corrected chi connectivity index (χ0v) is 37.3. The van der Waals surface area contributed by atoms with Gasteiger partial charge in [-0.15, -0.1) is 10.2 Å². The van der Waals surface area contributed by atoms with Crippen molar-refractivity contribution in [3.8, 4) is 39.9 Å². The van der Waals surface area contributed by atoms with E-state index in [9.17, 15) is 41.4 Å². The van der Waals surface area contributed by atoms with Crippen molar-refractivity contribution in [1.29, 1.82) is 0 Å². The number of anilines is 1. The van der Waals surface area contributed by atoms with Gasteiger partial charge in [0.2, 0.25) is 25.9 Å². The molecule has 20 nitrogen and oxygen atoms in total. The van der Waals surface area contributed by atoms with E-state index in [4.69, 9.17) is 14.2 Å². The van der Waals surface area contributed by atoms with Gasteiger partial charge < -0.3 is 35.1 Å². The Balaban J connectivity index is 1.65. The average molecular weight is 970 g/mol. The van der Waals surface area contributed by atoms with Gasteiger partial charge in [0.05, 0.1) is 51.8 Å². The number of pyridine rings is 1. The highest BCUT2D eigenvalue weighted by Gasteiger charge is 2.40. The SMILES string of the molecule is COc1ccc(CN(Cc2ccc(OC)cc2)S(=O)(=O)c2c(S(=O)(=O)NC(CO)CNC(=O)O)ccc(-c3cccc(NC(=O)C(F)(F)F)n3)c2-c2nnn(Cc3ccc(OC)cc3)n2)cc1. The van der Waals surface area contributed by atoms with Gasteiger partial charge in [0.25, 0.3) is 0 Å². The van der Waals surface area contributed by atoms with Gasteiger partial charge in [0.1, 0.15) is 32.9 Å². The van der Waals surface area contributed by atoms with Crippen LogP contribution in [0.3, 0.4) is 0 Å². The zero-order valence-electron chi connectivity index (χ0n) is 35.6. The first-order valence-electron chi connectivity index (χ1n) is 19.6. The summed E-state index contributed by atoms with van der Waals surface area (Å²) >= 11 is 0. The van der Waals surface area contributed by atoms with Crippen molar-refractivity contribution in [2.45, 2.75) is 41.6 Å². The van der Waals surface area contributed by atoms with Crippen LogP contribution in [0.2, 0.25) is 0 Å². The van der Waals surface area contributed by atoms with Gasteiger partial charge in [-0.05, 0) is 76.5 Å². The zero-order chi connectivity index (χ0) is 48.5. The minimum Gasteiger partial charge on any atom is -0.497 e. The summed E-state index contributed by atoms with van der Waals surface area (Å²) in [6.07, 6.45) is -6.87. The molecule has 354 valence electrons. The number of tetrazole rings is 1. The van der Waals surface area contributed by atoms with E-state index in [-0.39, 0.29) is 17.8 Å². The first kappa shape index (κ1) is 49.2. The number of hydrogen-bond donors (Lipinski definition) is 5. The second kappa shape index (κ2) is 21.0. The monoisotopic (exact) mass is 969 g/mol. The molecule has 0 fully saturated rings. The van der Waals surface area contributed by atoms with Gasteiger partial charge >= 0.3 is 18.2 Å². The summed E-state index contributed by atoms with van der Waals surface area (Å²) in [5, 5.41) is 35.8. The molecule has 0 aliphatic carbocycles. The number of ether oxygens (including phenoxy) is 3. The number of alkyl halides is 3. The number of carboxylic acid groups (broad SMARTS) is 1. The molecule has 0 aliphatic rings. The maximum atomic E-state index is 15.8. The fourth-order valence-corrected chi connectivity index (χ4v) is 10.1. The van der Waals surface area contributed by atoms with Gasteiger partial charge in [-0.3, -0.25) is 4.79 Å². The molecule has 6 rings (SSSR count). The highest BCUT2D eigenvalue weighted by atomic mass is 32.2. The number of aliphatic hydroxyl groups excluding tert-OH is 1. The summed E-state index contributed by atoms with van der Waals surface area (Å²) in [5.74, 6) is -2.03. The van der Waals surface area contributed by atoms with Crippen LogP contribution in [0.15, 0.2) is 113 Å². The summed E-state index contributed by atoms with van der Waals surface area (Å²) in [6.45, 7) is -2.45. The second-order valence-electron chi connectivity index (χ2n) is 14.3. The molecule has 2 amide bonds. The van der Waals surface area contributed by atoms with Gasteiger partial charge in [-0.25, -0.2) is 31.3 Å². The number of rotatable bonds is 20. The molecular weight excluding hydrogens is 928 g/mol. The number of nitrogens with zero attached hydrogens (tertiary/aromatic N) is 6. The molecule has 1 unspecified atom stereocenters. The fraction of sp³-hybridized carbons (Fsp3) is 0.238. The minimum atomic E-state index is -5.32. The second-order valence-corrected chi connectivity index (χ2v) is 17.9. The molecule has 2 heterocycles. The lowest BCUT2D eigenvalue weighted by Gasteiger charge is -2.26. The topological polar surface area (TPSA) is 266 Å². The summed E-state index contributed by atoms with van der Waals surface area (Å²) in [6, 6.07) is 23.4. The average Bonchev–Trinajstić information content (AvgIpc) is 3.78. The Morgan fingerprint density at radius 3 is 1.85 bits per heavy atom. The van der Waals surface area contributed by atoms with Crippen LogP contribution in [0, 0.1) is 0 Å². The number of amides is 2. The van der Waals surface area contributed by atoms with E-state index in [1.54, 1.807) is 78.1 Å². The van der Waals surface area contributed by atoms with Crippen LogP contribution in [0.25, 0.3) is 22.6 Å². The third-order valence-corrected chi connectivity index (χ3v) is 13.3. The number of halogens is 3. The van der Waals surface area contributed by atoms with Crippen molar-refractivity contribution >= 4 is 37.9 Å². The summed E-state index contributed by atoms with van der Waals surface area (Å²) in [4.78, 5) is 26.7. The molecular formula is C42H42F3N9O11S2. The minimum absolute atomic E-state index is 0.0546. The normalized spacial score (nSPS) is 12.4. The van der Waals surface area contributed by atoms with Crippen LogP contribution in [-0.4, -0.2) is 115 Å². The van der Waals surface area contributed by atoms with Crippen molar-refractivity contribution in [2.75, 3.05) is 39.8 Å². The number of hydrogen-bond acceptors (Lipinski definition) is 14. The molecule has 0 spiro atoms. The fourth-order valence-electron chi connectivity index (χ4n) is 6.47. The number of aromatic nitrogens is 5. The largest absolute Gasteiger partial charge is 0.497 e. The first-order valence-corrected chi connectivity index (χ1v) is 22.6. The van der Waals surface area contributed by atoms with Crippen LogP contribution in [0.5, 0.6) is 17.2 Å². The quantitative estimate of drug-likeness (QED) is 0.0715. The smallest absolute Gasteiger partial charge is 0.471 e. The van der Waals surface area contributed by atoms with Crippen molar-refractivity contribution in [3.05, 3.63) is 120 Å². The summed E-state index contributed by atoms with van der Waals surface area (Å²) in [7, 11) is -5.99. The van der Waals surface area contributed by atoms with Gasteiger partial charge in [-0.1, -0.05) is 48.5 Å². The van der Waals surface area contributed by atoms with Crippen LogP contribution in [0.1, 0.15) is 16.7 Å². The number of nitrogens with one attached hydrogen (secondary N) is 3. The number of carbonyl (C=O) groups excluding carboxylic acids is 1. The van der Waals surface area contributed by atoms with E-state index in [0.717, 1.165) is 27.3 Å². The predicted molar refractivity (Wildman–Crippen MR) is 233 cm³/mol. The Kier molecular flexibility index (Phi) is 15.4. The standard InChI is InChI=1S/C42H42F3N9O11S2/c1-63-30-13-7-26(8-14-30)22-53(23-27-9-15-31(64-2)16-10-27)67(61,62)38-35(66(59,60)51-29(25-55)21-46-41(57)58)20-19-33(34-5-4-6-36(47-34)48-40(56)42(43,44)45)37(38)39-49-52-54(50-39)24-28-11-17-32(65-3)18-12-28/h4-20,29,46,51,55H,21-25H2,1-3H3,(H,57,58)(H,47,48,56). The van der Waals surface area contributed by atoms with Crippen molar-refractivity contribution in [2.24, 2.45) is 0 Å². The number of sulfonamides is 2. The van der Waals surface area contributed by atoms with E-state index in [1.807, 2.05) is 5.32 Å². The Hall–Kier alpha value is -7.19. The lowest BCUT2D eigenvalue weighted by Crippen LogP contribution is -2.46. The molecule has 0 saturated heterocycles. The molecule has 25 heteroatoms. The van der Waals surface area contributed by atoms with E-state index in [0.29, 0.717) is 33.9 Å². The summed E-state index contributed by atoms with van der Waals surface area (Å²) < 4.78 is 120. The number of methoxy groups -OCH3 is 3. The molecule has 0 saturated carbocycles. The number of carbonyl (C=O) groups is 2. The van der Waals surface area contributed by atoms with Gasteiger partial charge in [-0.2, -0.15) is 22.3 Å². The number of aliphatic hydroxyl groups is 1. The first-order chi connectivity index (χ1) is 31.8.